The first-order valence-corrected chi connectivity index (χ1v) is 10.1. The van der Waals surface area contributed by atoms with E-state index < -0.39 is 10.0 Å². The summed E-state index contributed by atoms with van der Waals surface area (Å²) in [5, 5.41) is 0. The molecule has 0 aliphatic carbocycles. The first-order chi connectivity index (χ1) is 11.0. The van der Waals surface area contributed by atoms with E-state index in [4.69, 9.17) is 5.73 Å². The van der Waals surface area contributed by atoms with Crippen LogP contribution in [-0.4, -0.2) is 38.1 Å². The predicted molar refractivity (Wildman–Crippen MR) is 101 cm³/mol. The summed E-state index contributed by atoms with van der Waals surface area (Å²) in [4.78, 5) is 1.28. The van der Waals surface area contributed by atoms with Crippen molar-refractivity contribution >= 4 is 34.2 Å². The lowest BCUT2D eigenvalue weighted by atomic mass is 9.95. The van der Waals surface area contributed by atoms with E-state index in [-0.39, 0.29) is 24.4 Å². The highest BCUT2D eigenvalue weighted by molar-refractivity contribution is 7.98. The van der Waals surface area contributed by atoms with Crippen LogP contribution in [0.2, 0.25) is 0 Å². The highest BCUT2D eigenvalue weighted by Crippen LogP contribution is 2.31. The lowest BCUT2D eigenvalue weighted by molar-refractivity contribution is 0.470. The third-order valence-corrected chi connectivity index (χ3v) is 6.79. The van der Waals surface area contributed by atoms with E-state index in [1.165, 1.54) is 16.1 Å². The van der Waals surface area contributed by atoms with Crippen LogP contribution in [0.15, 0.2) is 64.4 Å². The number of hydrogen-bond acceptors (Lipinski definition) is 4. The number of sulfonamides is 1. The molecule has 0 spiro atoms. The summed E-state index contributed by atoms with van der Waals surface area (Å²) < 4.78 is 27.3. The van der Waals surface area contributed by atoms with Gasteiger partial charge < -0.3 is 5.73 Å². The molecule has 0 saturated carbocycles. The van der Waals surface area contributed by atoms with Crippen LogP contribution in [0, 0.1) is 0 Å². The topological polar surface area (TPSA) is 63.4 Å². The number of nitrogens with zero attached hydrogens (tertiary/aromatic N) is 1. The van der Waals surface area contributed by atoms with Crippen LogP contribution < -0.4 is 5.73 Å². The van der Waals surface area contributed by atoms with E-state index in [1.54, 1.807) is 18.2 Å². The predicted octanol–water partition coefficient (Wildman–Crippen LogP) is 2.95. The molecule has 0 aromatic heterocycles. The monoisotopic (exact) mass is 384 g/mol. The van der Waals surface area contributed by atoms with E-state index in [0.29, 0.717) is 18.0 Å². The number of rotatable bonds is 4. The van der Waals surface area contributed by atoms with Gasteiger partial charge in [-0.15, -0.1) is 24.2 Å². The lowest BCUT2D eigenvalue weighted by Crippen LogP contribution is -2.32. The second-order valence-corrected chi connectivity index (χ2v) is 8.50. The van der Waals surface area contributed by atoms with Gasteiger partial charge in [0.1, 0.15) is 0 Å². The van der Waals surface area contributed by atoms with Gasteiger partial charge in [0.05, 0.1) is 4.90 Å². The van der Waals surface area contributed by atoms with Gasteiger partial charge in [-0.25, -0.2) is 8.42 Å². The number of halogens is 1. The Balaban J connectivity index is 0.00000208. The van der Waals surface area contributed by atoms with Crippen molar-refractivity contribution in [3.8, 4) is 0 Å². The number of benzene rings is 2. The highest BCUT2D eigenvalue weighted by atomic mass is 35.5. The minimum atomic E-state index is -3.51. The van der Waals surface area contributed by atoms with Crippen molar-refractivity contribution in [2.75, 3.05) is 19.3 Å². The van der Waals surface area contributed by atoms with Crippen molar-refractivity contribution in [1.29, 1.82) is 0 Å². The van der Waals surface area contributed by atoms with Gasteiger partial charge >= 0.3 is 0 Å². The van der Waals surface area contributed by atoms with Gasteiger partial charge in [-0.2, -0.15) is 4.31 Å². The SMILES string of the molecule is CSc1cccc(S(=O)(=O)N2C[C@@H](N)[C@H](c3ccccc3)C2)c1.Cl. The third-order valence-electron chi connectivity index (χ3n) is 4.24. The van der Waals surface area contributed by atoms with E-state index in [1.807, 2.05) is 42.7 Å². The summed E-state index contributed by atoms with van der Waals surface area (Å²) in [7, 11) is -3.51. The van der Waals surface area contributed by atoms with Gasteiger partial charge in [0, 0.05) is 29.9 Å². The van der Waals surface area contributed by atoms with Crippen LogP contribution in [0.4, 0.5) is 0 Å². The van der Waals surface area contributed by atoms with E-state index in [9.17, 15) is 8.42 Å². The van der Waals surface area contributed by atoms with Gasteiger partial charge in [-0.1, -0.05) is 36.4 Å². The molecular weight excluding hydrogens is 364 g/mol. The molecular formula is C17H21ClN2O2S2. The third kappa shape index (κ3) is 3.78. The first-order valence-electron chi connectivity index (χ1n) is 7.47. The summed E-state index contributed by atoms with van der Waals surface area (Å²) in [5.41, 5.74) is 7.32. The average molecular weight is 385 g/mol. The quantitative estimate of drug-likeness (QED) is 0.823. The Kier molecular flexibility index (Phi) is 6.33. The second-order valence-electron chi connectivity index (χ2n) is 5.68. The van der Waals surface area contributed by atoms with Crippen molar-refractivity contribution in [2.45, 2.75) is 21.8 Å². The normalized spacial score (nSPS) is 21.4. The van der Waals surface area contributed by atoms with E-state index in [0.717, 1.165) is 10.5 Å². The number of hydrogen-bond donors (Lipinski definition) is 1. The molecule has 0 radical (unpaired) electrons. The maximum Gasteiger partial charge on any atom is 0.243 e. The van der Waals surface area contributed by atoms with Crippen molar-refractivity contribution in [3.63, 3.8) is 0 Å². The molecule has 0 bridgehead atoms. The zero-order valence-electron chi connectivity index (χ0n) is 13.3. The zero-order valence-corrected chi connectivity index (χ0v) is 15.8. The molecule has 2 aromatic rings. The molecule has 1 saturated heterocycles. The van der Waals surface area contributed by atoms with Crippen molar-refractivity contribution in [3.05, 3.63) is 60.2 Å². The second kappa shape index (κ2) is 7.89. The van der Waals surface area contributed by atoms with Gasteiger partial charge in [0.25, 0.3) is 0 Å². The molecule has 2 N–H and O–H groups in total. The highest BCUT2D eigenvalue weighted by Gasteiger charge is 2.38. The molecule has 0 amide bonds. The average Bonchev–Trinajstić information content (AvgIpc) is 2.98. The van der Waals surface area contributed by atoms with Crippen LogP contribution >= 0.6 is 24.2 Å². The van der Waals surface area contributed by atoms with Gasteiger partial charge in [-0.3, -0.25) is 0 Å². The molecule has 0 unspecified atom stereocenters. The Hall–Kier alpha value is -1.05. The maximum atomic E-state index is 12.9. The van der Waals surface area contributed by atoms with Crippen LogP contribution in [-0.2, 0) is 10.0 Å². The van der Waals surface area contributed by atoms with Crippen LogP contribution in [0.3, 0.4) is 0 Å². The summed E-state index contributed by atoms with van der Waals surface area (Å²) >= 11 is 1.53. The minimum absolute atomic E-state index is 0. The summed E-state index contributed by atoms with van der Waals surface area (Å²) in [6.45, 7) is 0.780. The standard InChI is InChI=1S/C17H20N2O2S2.ClH/c1-22-14-8-5-9-15(10-14)23(20,21)19-11-16(17(18)12-19)13-6-3-2-4-7-13;/h2-10,16-17H,11-12,18H2,1H3;1H/t16-,17+;/m0./s1. The molecule has 7 heteroatoms. The molecule has 2 aromatic carbocycles. The Morgan fingerprint density at radius 2 is 1.79 bits per heavy atom. The summed E-state index contributed by atoms with van der Waals surface area (Å²) in [6, 6.07) is 16.8. The Bertz CT molecular complexity index is 784. The molecule has 1 fully saturated rings. The van der Waals surface area contributed by atoms with Crippen LogP contribution in [0.1, 0.15) is 11.5 Å². The van der Waals surface area contributed by atoms with E-state index >= 15 is 0 Å². The lowest BCUT2D eigenvalue weighted by Gasteiger charge is -2.17. The van der Waals surface area contributed by atoms with Gasteiger partial charge in [0.2, 0.25) is 10.0 Å². The maximum absolute atomic E-state index is 12.9. The fourth-order valence-electron chi connectivity index (χ4n) is 2.95. The zero-order chi connectivity index (χ0) is 16.4. The van der Waals surface area contributed by atoms with E-state index in [2.05, 4.69) is 0 Å². The first kappa shape index (κ1) is 19.3. The number of nitrogens with two attached hydrogens (primary N) is 1. The summed E-state index contributed by atoms with van der Waals surface area (Å²) in [5.74, 6) is 0.0368. The summed E-state index contributed by atoms with van der Waals surface area (Å²) in [6.07, 6.45) is 1.93. The molecule has 4 nitrogen and oxygen atoms in total. The molecule has 24 heavy (non-hydrogen) atoms. The fraction of sp³-hybridized carbons (Fsp3) is 0.294. The van der Waals surface area contributed by atoms with Gasteiger partial charge in [-0.05, 0) is 30.0 Å². The Labute approximate surface area is 153 Å². The minimum Gasteiger partial charge on any atom is -0.326 e. The molecule has 1 heterocycles. The van der Waals surface area contributed by atoms with Gasteiger partial charge in [0.15, 0.2) is 0 Å². The fourth-order valence-corrected chi connectivity index (χ4v) is 5.04. The molecule has 1 aliphatic heterocycles. The largest absolute Gasteiger partial charge is 0.326 e. The van der Waals surface area contributed by atoms with Crippen molar-refractivity contribution in [1.82, 2.24) is 4.31 Å². The molecule has 2 atom stereocenters. The smallest absolute Gasteiger partial charge is 0.243 e. The van der Waals surface area contributed by atoms with Crippen LogP contribution in [0.25, 0.3) is 0 Å². The number of thioether (sulfide) groups is 1. The molecule has 130 valence electrons. The Morgan fingerprint density at radius 1 is 1.08 bits per heavy atom. The Morgan fingerprint density at radius 3 is 2.46 bits per heavy atom. The van der Waals surface area contributed by atoms with Crippen molar-refractivity contribution < 1.29 is 8.42 Å². The van der Waals surface area contributed by atoms with Crippen LogP contribution in [0.5, 0.6) is 0 Å². The van der Waals surface area contributed by atoms with Crippen molar-refractivity contribution in [2.24, 2.45) is 5.73 Å². The molecule has 3 rings (SSSR count). The molecule has 1 aliphatic rings.